The summed E-state index contributed by atoms with van der Waals surface area (Å²) in [5, 5.41) is 13.8. The number of pyridine rings is 1. The Morgan fingerprint density at radius 1 is 1.24 bits per heavy atom. The highest BCUT2D eigenvalue weighted by atomic mass is 32.1. The van der Waals surface area contributed by atoms with Crippen molar-refractivity contribution in [2.75, 3.05) is 23.4 Å². The fourth-order valence-corrected chi connectivity index (χ4v) is 7.28. The topological polar surface area (TPSA) is 144 Å². The van der Waals surface area contributed by atoms with Crippen molar-refractivity contribution in [1.82, 2.24) is 4.98 Å². The number of fused-ring (bicyclic) bond motifs is 2. The van der Waals surface area contributed by atoms with E-state index in [1.54, 1.807) is 6.92 Å². The van der Waals surface area contributed by atoms with Crippen LogP contribution < -0.4 is 16.8 Å². The molecule has 3 aromatic heterocycles. The van der Waals surface area contributed by atoms with E-state index in [4.69, 9.17) is 16.2 Å². The minimum Gasteiger partial charge on any atom is -0.462 e. The van der Waals surface area contributed by atoms with Crippen molar-refractivity contribution >= 4 is 61.3 Å². The summed E-state index contributed by atoms with van der Waals surface area (Å²) in [5.74, 6) is -0.305. The van der Waals surface area contributed by atoms with Crippen LogP contribution >= 0.6 is 22.7 Å². The molecular formula is C28H27N5O3S2. The molecule has 0 bridgehead atoms. The maximum absolute atomic E-state index is 13.6. The lowest BCUT2D eigenvalue weighted by molar-refractivity contribution is 0.0526. The van der Waals surface area contributed by atoms with Gasteiger partial charge in [-0.1, -0.05) is 36.8 Å². The Morgan fingerprint density at radius 2 is 1.97 bits per heavy atom. The first-order valence-corrected chi connectivity index (χ1v) is 14.0. The number of benzene rings is 1. The van der Waals surface area contributed by atoms with Crippen LogP contribution in [0.4, 0.5) is 16.5 Å². The maximum atomic E-state index is 13.6. The van der Waals surface area contributed by atoms with E-state index in [-0.39, 0.29) is 28.6 Å². The van der Waals surface area contributed by atoms with E-state index in [1.165, 1.54) is 11.3 Å². The highest BCUT2D eigenvalue weighted by Crippen LogP contribution is 2.44. The third-order valence-corrected chi connectivity index (χ3v) is 9.05. The van der Waals surface area contributed by atoms with Gasteiger partial charge < -0.3 is 21.5 Å². The van der Waals surface area contributed by atoms with Gasteiger partial charge in [-0.05, 0) is 50.2 Å². The molecule has 8 nitrogen and oxygen atoms in total. The Morgan fingerprint density at radius 3 is 2.66 bits per heavy atom. The van der Waals surface area contributed by atoms with Gasteiger partial charge in [-0.2, -0.15) is 5.26 Å². The van der Waals surface area contributed by atoms with Crippen LogP contribution in [0.25, 0.3) is 21.3 Å². The number of nitrogens with two attached hydrogens (primary N) is 2. The van der Waals surface area contributed by atoms with Gasteiger partial charge in [0.05, 0.1) is 17.9 Å². The third kappa shape index (κ3) is 4.38. The second-order valence-electron chi connectivity index (χ2n) is 9.48. The van der Waals surface area contributed by atoms with Crippen LogP contribution in [-0.2, 0) is 17.6 Å². The molecule has 3 heterocycles. The molecule has 1 aromatic carbocycles. The summed E-state index contributed by atoms with van der Waals surface area (Å²) in [6.07, 6.45) is 2.60. The zero-order valence-corrected chi connectivity index (χ0v) is 22.9. The average Bonchev–Trinajstić information content (AvgIpc) is 3.40. The van der Waals surface area contributed by atoms with Crippen molar-refractivity contribution in [1.29, 1.82) is 5.26 Å². The highest BCUT2D eigenvalue weighted by molar-refractivity contribution is 7.21. The first-order chi connectivity index (χ1) is 18.2. The van der Waals surface area contributed by atoms with Crippen LogP contribution in [0.5, 0.6) is 0 Å². The van der Waals surface area contributed by atoms with Crippen LogP contribution in [0, 0.1) is 24.2 Å². The Bertz CT molecular complexity index is 1630. The summed E-state index contributed by atoms with van der Waals surface area (Å²) >= 11 is 2.53. The lowest BCUT2D eigenvalue weighted by Gasteiger charge is -2.18. The van der Waals surface area contributed by atoms with Gasteiger partial charge in [0.1, 0.15) is 32.2 Å². The number of hydrogen-bond acceptors (Lipinski definition) is 9. The predicted octanol–water partition coefficient (Wildman–Crippen LogP) is 5.92. The summed E-state index contributed by atoms with van der Waals surface area (Å²) in [7, 11) is 0. The molecule has 0 saturated carbocycles. The molecule has 5 N–H and O–H groups in total. The maximum Gasteiger partial charge on any atom is 0.341 e. The van der Waals surface area contributed by atoms with Gasteiger partial charge in [0, 0.05) is 15.8 Å². The van der Waals surface area contributed by atoms with E-state index < -0.39 is 11.9 Å². The fourth-order valence-electron chi connectivity index (χ4n) is 4.88. The van der Waals surface area contributed by atoms with E-state index in [2.05, 4.69) is 23.3 Å². The number of hydrogen-bond donors (Lipinski definition) is 3. The van der Waals surface area contributed by atoms with E-state index in [9.17, 15) is 14.9 Å². The van der Waals surface area contributed by atoms with Gasteiger partial charge in [-0.3, -0.25) is 4.79 Å². The van der Waals surface area contributed by atoms with Gasteiger partial charge >= 0.3 is 5.97 Å². The van der Waals surface area contributed by atoms with Crippen LogP contribution in [0.15, 0.2) is 24.3 Å². The minimum absolute atomic E-state index is 0.0773. The number of carbonyl (C=O) groups excluding carboxylic acids is 2. The zero-order valence-electron chi connectivity index (χ0n) is 21.3. The smallest absolute Gasteiger partial charge is 0.341 e. The molecule has 1 aliphatic rings. The number of carbonyl (C=O) groups is 2. The van der Waals surface area contributed by atoms with E-state index in [1.807, 2.05) is 31.2 Å². The second kappa shape index (κ2) is 10.1. The second-order valence-corrected chi connectivity index (χ2v) is 11.6. The number of nitrogen functional groups attached to an aromatic ring is 2. The number of anilines is 3. The summed E-state index contributed by atoms with van der Waals surface area (Å²) in [4.78, 5) is 32.7. The highest BCUT2D eigenvalue weighted by Gasteiger charge is 2.31. The van der Waals surface area contributed by atoms with Crippen molar-refractivity contribution in [2.24, 2.45) is 5.92 Å². The normalized spacial score (nSPS) is 14.6. The van der Waals surface area contributed by atoms with Crippen molar-refractivity contribution in [3.8, 4) is 17.2 Å². The molecular weight excluding hydrogens is 518 g/mol. The van der Waals surface area contributed by atoms with Gasteiger partial charge in [-0.15, -0.1) is 22.7 Å². The molecule has 1 unspecified atom stereocenters. The van der Waals surface area contributed by atoms with Gasteiger partial charge in [0.15, 0.2) is 0 Å². The molecule has 38 heavy (non-hydrogen) atoms. The molecule has 5 rings (SSSR count). The number of nitrogens with zero attached hydrogens (tertiary/aromatic N) is 2. The monoisotopic (exact) mass is 545 g/mol. The largest absolute Gasteiger partial charge is 0.462 e. The molecule has 0 spiro atoms. The molecule has 0 fully saturated rings. The van der Waals surface area contributed by atoms with Crippen LogP contribution in [0.3, 0.4) is 0 Å². The summed E-state index contributed by atoms with van der Waals surface area (Å²) in [6, 6.07) is 9.81. The van der Waals surface area contributed by atoms with Crippen molar-refractivity contribution in [2.45, 2.75) is 40.0 Å². The Kier molecular flexibility index (Phi) is 6.82. The van der Waals surface area contributed by atoms with E-state index in [0.717, 1.165) is 52.2 Å². The third-order valence-electron chi connectivity index (χ3n) is 6.78. The Labute approximate surface area is 228 Å². The van der Waals surface area contributed by atoms with Crippen LogP contribution in [-0.4, -0.2) is 23.5 Å². The molecule has 194 valence electrons. The van der Waals surface area contributed by atoms with Gasteiger partial charge in [0.2, 0.25) is 0 Å². The Hall–Kier alpha value is -3.94. The van der Waals surface area contributed by atoms with Gasteiger partial charge in [-0.25, -0.2) is 9.78 Å². The first kappa shape index (κ1) is 25.7. The van der Waals surface area contributed by atoms with Crippen molar-refractivity contribution in [3.63, 3.8) is 0 Å². The predicted molar refractivity (Wildman–Crippen MR) is 153 cm³/mol. The zero-order chi connectivity index (χ0) is 27.1. The number of rotatable bonds is 5. The lowest BCUT2D eigenvalue weighted by Crippen LogP contribution is -2.16. The fraction of sp³-hybridized carbons (Fsp3) is 0.286. The van der Waals surface area contributed by atoms with Crippen LogP contribution in [0.1, 0.15) is 61.9 Å². The van der Waals surface area contributed by atoms with Crippen molar-refractivity contribution in [3.05, 3.63) is 56.3 Å². The lowest BCUT2D eigenvalue weighted by atomic mass is 9.88. The number of esters is 1. The standard InChI is InChI=1S/C28H27N5O3S2/c1-4-36-28(35)20-16-10-7-14(3)11-18(16)37-26(20)33-25(34)23-22(30)21-19(15-8-5-13(2)6-9-15)17(12-29)24(31)32-27(21)38-23/h5-6,8-9,14H,4,7,10-11,30H2,1-3H3,(H2,31,32)(H,33,34). The number of aromatic nitrogens is 1. The van der Waals surface area contributed by atoms with Crippen molar-refractivity contribution < 1.29 is 14.3 Å². The quantitative estimate of drug-likeness (QED) is 0.264. The van der Waals surface area contributed by atoms with E-state index in [0.29, 0.717) is 32.3 Å². The number of nitriles is 1. The number of ether oxygens (including phenoxy) is 1. The molecule has 1 atom stereocenters. The van der Waals surface area contributed by atoms with Gasteiger partial charge in [0.25, 0.3) is 5.91 Å². The minimum atomic E-state index is -0.449. The molecule has 4 aromatic rings. The first-order valence-electron chi connectivity index (χ1n) is 12.3. The molecule has 0 saturated heterocycles. The van der Waals surface area contributed by atoms with E-state index >= 15 is 0 Å². The SMILES string of the molecule is CCOC(=O)c1c(NC(=O)c2sc3nc(N)c(C#N)c(-c4ccc(C)cc4)c3c2N)sc2c1CCC(C)C2. The molecule has 0 aliphatic heterocycles. The number of thiophene rings is 2. The molecule has 1 amide bonds. The van der Waals surface area contributed by atoms with Crippen LogP contribution in [0.2, 0.25) is 0 Å². The average molecular weight is 546 g/mol. The summed E-state index contributed by atoms with van der Waals surface area (Å²) in [5.41, 5.74) is 16.9. The molecule has 1 aliphatic carbocycles. The molecule has 0 radical (unpaired) electrons. The summed E-state index contributed by atoms with van der Waals surface area (Å²) < 4.78 is 5.33. The number of nitrogens with one attached hydrogen (secondary N) is 1. The number of aryl methyl sites for hydroxylation is 1. The summed E-state index contributed by atoms with van der Waals surface area (Å²) in [6.45, 7) is 6.16. The molecule has 10 heteroatoms. The Balaban J connectivity index is 1.61. The number of amides is 1.